The summed E-state index contributed by atoms with van der Waals surface area (Å²) in [6, 6.07) is 28.0. The Kier molecular flexibility index (Phi) is 8.88. The molecule has 0 aliphatic heterocycles. The van der Waals surface area contributed by atoms with E-state index in [4.69, 9.17) is 14.9 Å². The fraction of sp³-hybridized carbons (Fsp3) is 0.184. The van der Waals surface area contributed by atoms with E-state index in [1.807, 2.05) is 77.6 Å². The number of amides is 2. The molecular formula is C38H36N8O3. The van der Waals surface area contributed by atoms with E-state index in [1.54, 1.807) is 31.5 Å². The number of nitrogens with one attached hydrogen (secondary N) is 4. The molecule has 0 fully saturated rings. The van der Waals surface area contributed by atoms with Crippen LogP contribution in [-0.2, 0) is 24.2 Å². The molecule has 0 unspecified atom stereocenters. The van der Waals surface area contributed by atoms with Crippen LogP contribution in [0.3, 0.4) is 0 Å². The molecule has 2 atom stereocenters. The van der Waals surface area contributed by atoms with Crippen LogP contribution in [-0.4, -0.2) is 48.6 Å². The van der Waals surface area contributed by atoms with Crippen LogP contribution in [0.5, 0.6) is 5.75 Å². The van der Waals surface area contributed by atoms with Crippen LogP contribution >= 0.6 is 0 Å². The van der Waals surface area contributed by atoms with Gasteiger partial charge in [0.05, 0.1) is 25.7 Å². The molecule has 0 bridgehead atoms. The molecular weight excluding hydrogens is 616 g/mol. The summed E-state index contributed by atoms with van der Waals surface area (Å²) in [6.07, 6.45) is 6.43. The smallest absolute Gasteiger partial charge is 0.270 e. The number of pyridine rings is 1. The zero-order chi connectivity index (χ0) is 33.7. The first-order chi connectivity index (χ1) is 24.0. The highest BCUT2D eigenvalue weighted by molar-refractivity contribution is 5.92. The standard InChI is InChI=1S/C38H36N8O3/c1-24(47)42-34(19-26-21-40-31-11-5-3-9-29(26)31)36-44-45-37(46(36)23-25-14-16-28(49-2)17-15-25)35(43-38(48)33-13-7-8-18-39-33)20-27-22-41-32-12-6-4-10-30(27)32/h3-18,21-22,34-35,40-41H,19-20,23H2,1-2H3,(H,42,47)(H,43,48)/t34-,35+/m0/s1. The minimum absolute atomic E-state index is 0.191. The number of hydrogen-bond donors (Lipinski definition) is 4. The van der Waals surface area contributed by atoms with Crippen LogP contribution in [0.1, 0.15) is 57.8 Å². The third-order valence-electron chi connectivity index (χ3n) is 8.71. The average Bonchev–Trinajstić information content (AvgIpc) is 3.85. The molecule has 246 valence electrons. The number of hydrogen-bond acceptors (Lipinski definition) is 6. The number of H-pyrrole nitrogens is 2. The van der Waals surface area contributed by atoms with Gasteiger partial charge < -0.3 is 29.9 Å². The van der Waals surface area contributed by atoms with Gasteiger partial charge in [-0.1, -0.05) is 54.6 Å². The number of aromatic nitrogens is 6. The lowest BCUT2D eigenvalue weighted by molar-refractivity contribution is -0.119. The Labute approximate surface area is 282 Å². The largest absolute Gasteiger partial charge is 0.497 e. The topological polar surface area (TPSA) is 143 Å². The van der Waals surface area contributed by atoms with Crippen molar-refractivity contribution in [2.75, 3.05) is 7.11 Å². The van der Waals surface area contributed by atoms with Crippen molar-refractivity contribution in [1.82, 2.24) is 40.3 Å². The lowest BCUT2D eigenvalue weighted by Crippen LogP contribution is -2.34. The second-order valence-electron chi connectivity index (χ2n) is 12.0. The molecule has 0 aliphatic rings. The number of carbonyl (C=O) groups excluding carboxylic acids is 2. The normalized spacial score (nSPS) is 12.5. The molecule has 4 heterocycles. The van der Waals surface area contributed by atoms with Crippen LogP contribution < -0.4 is 15.4 Å². The third-order valence-corrected chi connectivity index (χ3v) is 8.71. The summed E-state index contributed by atoms with van der Waals surface area (Å²) in [5, 5.41) is 18.0. The Hall–Kier alpha value is -6.23. The monoisotopic (exact) mass is 652 g/mol. The molecule has 0 spiro atoms. The lowest BCUT2D eigenvalue weighted by Gasteiger charge is -2.23. The minimum atomic E-state index is -0.598. The summed E-state index contributed by atoms with van der Waals surface area (Å²) in [6.45, 7) is 1.88. The van der Waals surface area contributed by atoms with E-state index in [1.165, 1.54) is 6.92 Å². The zero-order valence-corrected chi connectivity index (χ0v) is 27.2. The van der Waals surface area contributed by atoms with Crippen molar-refractivity contribution in [2.45, 2.75) is 38.4 Å². The molecule has 7 aromatic rings. The van der Waals surface area contributed by atoms with Gasteiger partial charge in [-0.2, -0.15) is 0 Å². The predicted molar refractivity (Wildman–Crippen MR) is 187 cm³/mol. The van der Waals surface area contributed by atoms with Crippen LogP contribution in [0.4, 0.5) is 0 Å². The van der Waals surface area contributed by atoms with Crippen molar-refractivity contribution >= 4 is 33.6 Å². The molecule has 0 aliphatic carbocycles. The van der Waals surface area contributed by atoms with E-state index >= 15 is 0 Å². The Morgan fingerprint density at radius 3 is 1.88 bits per heavy atom. The SMILES string of the molecule is COc1ccc(Cn2c([C@H](Cc3c[nH]c4ccccc34)NC(C)=O)nnc2[C@@H](Cc2c[nH]c3ccccc23)NC(=O)c2ccccn2)cc1. The van der Waals surface area contributed by atoms with Crippen molar-refractivity contribution in [2.24, 2.45) is 0 Å². The fourth-order valence-electron chi connectivity index (χ4n) is 6.35. The summed E-state index contributed by atoms with van der Waals surface area (Å²) >= 11 is 0. The van der Waals surface area contributed by atoms with Crippen molar-refractivity contribution in [1.29, 1.82) is 0 Å². The summed E-state index contributed by atoms with van der Waals surface area (Å²) in [5.74, 6) is 1.34. The molecule has 4 N–H and O–H groups in total. The Morgan fingerprint density at radius 2 is 1.33 bits per heavy atom. The molecule has 0 radical (unpaired) electrons. The highest BCUT2D eigenvalue weighted by atomic mass is 16.5. The number of para-hydroxylation sites is 2. The van der Waals surface area contributed by atoms with E-state index in [9.17, 15) is 9.59 Å². The lowest BCUT2D eigenvalue weighted by atomic mass is 10.0. The van der Waals surface area contributed by atoms with Gasteiger partial charge >= 0.3 is 0 Å². The van der Waals surface area contributed by atoms with Crippen LogP contribution in [0.25, 0.3) is 21.8 Å². The van der Waals surface area contributed by atoms with Gasteiger partial charge in [-0.15, -0.1) is 10.2 Å². The molecule has 7 rings (SSSR count). The Bertz CT molecular complexity index is 2220. The first-order valence-electron chi connectivity index (χ1n) is 16.1. The molecule has 4 aromatic heterocycles. The van der Waals surface area contributed by atoms with E-state index < -0.39 is 12.1 Å². The predicted octanol–water partition coefficient (Wildman–Crippen LogP) is 5.83. The maximum absolute atomic E-state index is 13.7. The van der Waals surface area contributed by atoms with Crippen molar-refractivity contribution in [3.63, 3.8) is 0 Å². The van der Waals surface area contributed by atoms with Gasteiger partial charge in [0.15, 0.2) is 11.6 Å². The number of carbonyl (C=O) groups is 2. The first kappa shape index (κ1) is 31.4. The van der Waals surface area contributed by atoms with Gasteiger partial charge in [-0.3, -0.25) is 14.6 Å². The van der Waals surface area contributed by atoms with Crippen molar-refractivity contribution in [3.8, 4) is 5.75 Å². The van der Waals surface area contributed by atoms with Crippen LogP contribution in [0.15, 0.2) is 110 Å². The maximum Gasteiger partial charge on any atom is 0.270 e. The molecule has 11 nitrogen and oxygen atoms in total. The summed E-state index contributed by atoms with van der Waals surface area (Å²) < 4.78 is 7.42. The number of benzene rings is 3. The van der Waals surface area contributed by atoms with E-state index in [-0.39, 0.29) is 11.8 Å². The van der Waals surface area contributed by atoms with E-state index in [0.717, 1.165) is 44.2 Å². The number of nitrogens with zero attached hydrogens (tertiary/aromatic N) is 4. The molecule has 0 saturated carbocycles. The number of fused-ring (bicyclic) bond motifs is 2. The van der Waals surface area contributed by atoms with Gasteiger partial charge in [0, 0.05) is 60.2 Å². The third kappa shape index (κ3) is 6.77. The van der Waals surface area contributed by atoms with Crippen molar-refractivity contribution < 1.29 is 14.3 Å². The minimum Gasteiger partial charge on any atom is -0.497 e. The molecule has 11 heteroatoms. The number of methoxy groups -OCH3 is 1. The van der Waals surface area contributed by atoms with E-state index in [2.05, 4.69) is 37.7 Å². The number of aromatic amines is 2. The highest BCUT2D eigenvalue weighted by Crippen LogP contribution is 2.29. The average molecular weight is 653 g/mol. The van der Waals surface area contributed by atoms with Gasteiger partial charge in [0.25, 0.3) is 5.91 Å². The molecule has 0 saturated heterocycles. The summed E-state index contributed by atoms with van der Waals surface area (Å²) in [5.41, 5.74) is 5.32. The van der Waals surface area contributed by atoms with Gasteiger partial charge in [0.1, 0.15) is 11.4 Å². The van der Waals surface area contributed by atoms with Gasteiger partial charge in [0.2, 0.25) is 5.91 Å². The summed E-state index contributed by atoms with van der Waals surface area (Å²) in [4.78, 5) is 37.3. The highest BCUT2D eigenvalue weighted by Gasteiger charge is 2.29. The maximum atomic E-state index is 13.7. The quantitative estimate of drug-likeness (QED) is 0.131. The second-order valence-corrected chi connectivity index (χ2v) is 12.0. The first-order valence-corrected chi connectivity index (χ1v) is 16.1. The molecule has 3 aromatic carbocycles. The molecule has 2 amide bonds. The number of ether oxygens (including phenoxy) is 1. The summed E-state index contributed by atoms with van der Waals surface area (Å²) in [7, 11) is 1.63. The Morgan fingerprint density at radius 1 is 0.755 bits per heavy atom. The zero-order valence-electron chi connectivity index (χ0n) is 27.2. The second kappa shape index (κ2) is 13.9. The van der Waals surface area contributed by atoms with Crippen LogP contribution in [0.2, 0.25) is 0 Å². The Balaban J connectivity index is 1.34. The van der Waals surface area contributed by atoms with Gasteiger partial charge in [-0.05, 0) is 53.1 Å². The van der Waals surface area contributed by atoms with Gasteiger partial charge in [-0.25, -0.2) is 0 Å². The van der Waals surface area contributed by atoms with E-state index in [0.29, 0.717) is 36.7 Å². The molecule has 49 heavy (non-hydrogen) atoms. The van der Waals surface area contributed by atoms with Crippen LogP contribution in [0, 0.1) is 0 Å². The number of rotatable bonds is 12. The fourth-order valence-corrected chi connectivity index (χ4v) is 6.35. The van der Waals surface area contributed by atoms with Crippen molar-refractivity contribution in [3.05, 3.63) is 144 Å².